The van der Waals surface area contributed by atoms with Crippen LogP contribution in [-0.4, -0.2) is 65.2 Å². The Balaban J connectivity index is 1.81. The molecule has 2 aromatic carbocycles. The summed E-state index contributed by atoms with van der Waals surface area (Å²) in [7, 11) is -5.89. The molecule has 0 radical (unpaired) electrons. The van der Waals surface area contributed by atoms with E-state index >= 15 is 4.39 Å². The van der Waals surface area contributed by atoms with Gasteiger partial charge in [-0.2, -0.15) is 4.31 Å². The van der Waals surface area contributed by atoms with Crippen molar-refractivity contribution in [3.05, 3.63) is 59.5 Å². The molecule has 1 amide bonds. The Labute approximate surface area is 212 Å². The highest BCUT2D eigenvalue weighted by Gasteiger charge is 2.45. The van der Waals surface area contributed by atoms with Gasteiger partial charge in [-0.05, 0) is 43.2 Å². The summed E-state index contributed by atoms with van der Waals surface area (Å²) in [5, 5.41) is 3.39. The summed E-state index contributed by atoms with van der Waals surface area (Å²) in [5.74, 6) is -0.389. The highest BCUT2D eigenvalue weighted by molar-refractivity contribution is 7.93. The molecule has 0 spiro atoms. The van der Waals surface area contributed by atoms with E-state index in [1.807, 2.05) is 31.2 Å². The molecule has 196 valence electrons. The average Bonchev–Trinajstić information content (AvgIpc) is 2.82. The Bertz CT molecular complexity index is 1360. The van der Waals surface area contributed by atoms with E-state index in [1.165, 1.54) is 30.5 Å². The number of halogens is 1. The van der Waals surface area contributed by atoms with Gasteiger partial charge in [-0.3, -0.25) is 4.79 Å². The van der Waals surface area contributed by atoms with E-state index in [4.69, 9.17) is 4.74 Å². The smallest absolute Gasteiger partial charge is 0.258 e. The van der Waals surface area contributed by atoms with Crippen LogP contribution in [0.2, 0.25) is 0 Å². The fraction of sp³-hybridized carbons (Fsp3) is 0.400. The van der Waals surface area contributed by atoms with E-state index in [-0.39, 0.29) is 30.8 Å². The van der Waals surface area contributed by atoms with Gasteiger partial charge < -0.3 is 10.1 Å². The number of ether oxygens (including phenoxy) is 1. The second-order valence-electron chi connectivity index (χ2n) is 8.97. The third-order valence-corrected chi connectivity index (χ3v) is 8.74. The van der Waals surface area contributed by atoms with Crippen LogP contribution in [0.25, 0.3) is 11.1 Å². The van der Waals surface area contributed by atoms with Crippen LogP contribution in [0.3, 0.4) is 0 Å². The Morgan fingerprint density at radius 2 is 1.75 bits per heavy atom. The monoisotopic (exact) mass is 538 g/mol. The number of aryl methyl sites for hydroxylation is 1. The summed E-state index contributed by atoms with van der Waals surface area (Å²) < 4.78 is 71.7. The van der Waals surface area contributed by atoms with Crippen molar-refractivity contribution >= 4 is 25.8 Å². The molecule has 1 heterocycles. The van der Waals surface area contributed by atoms with Gasteiger partial charge in [-0.25, -0.2) is 21.2 Å². The Hall–Kier alpha value is -2.76. The van der Waals surface area contributed by atoms with Gasteiger partial charge in [0, 0.05) is 49.2 Å². The van der Waals surface area contributed by atoms with Crippen molar-refractivity contribution in [3.8, 4) is 16.9 Å². The first-order chi connectivity index (χ1) is 16.8. The van der Waals surface area contributed by atoms with Crippen LogP contribution in [0, 0.1) is 6.92 Å². The second kappa shape index (κ2) is 10.7. The lowest BCUT2D eigenvalue weighted by atomic mass is 9.93. The molecule has 0 aliphatic carbocycles. The van der Waals surface area contributed by atoms with Crippen molar-refractivity contribution in [2.45, 2.75) is 43.3 Å². The molecule has 11 heteroatoms. The Morgan fingerprint density at radius 3 is 2.33 bits per heavy atom. The highest BCUT2D eigenvalue weighted by atomic mass is 32.2. The summed E-state index contributed by atoms with van der Waals surface area (Å²) in [6.45, 7) is 3.05. The van der Waals surface area contributed by atoms with Gasteiger partial charge in [-0.15, -0.1) is 0 Å². The molecule has 0 bridgehead atoms. The highest BCUT2D eigenvalue weighted by Crippen LogP contribution is 2.37. The summed E-state index contributed by atoms with van der Waals surface area (Å²) in [6.07, 6.45) is 1.62. The van der Waals surface area contributed by atoms with Crippen molar-refractivity contribution in [2.24, 2.45) is 0 Å². The predicted molar refractivity (Wildman–Crippen MR) is 137 cm³/mol. The van der Waals surface area contributed by atoms with E-state index in [1.54, 1.807) is 12.1 Å². The minimum absolute atomic E-state index is 0.0768. The molecule has 1 fully saturated rings. The van der Waals surface area contributed by atoms with Crippen molar-refractivity contribution < 1.29 is 30.8 Å². The van der Waals surface area contributed by atoms with Crippen molar-refractivity contribution in [2.75, 3.05) is 26.5 Å². The van der Waals surface area contributed by atoms with Gasteiger partial charge in [0.25, 0.3) is 5.91 Å². The lowest BCUT2D eigenvalue weighted by Gasteiger charge is -2.35. The van der Waals surface area contributed by atoms with Gasteiger partial charge in [0.1, 0.15) is 5.75 Å². The molecule has 1 atom stereocenters. The van der Waals surface area contributed by atoms with Crippen molar-refractivity contribution in [1.82, 2.24) is 9.62 Å². The zero-order valence-electron chi connectivity index (χ0n) is 20.7. The van der Waals surface area contributed by atoms with Crippen LogP contribution in [0.4, 0.5) is 4.39 Å². The number of hydrogen-bond donors (Lipinski definition) is 1. The van der Waals surface area contributed by atoms with Crippen LogP contribution in [0.5, 0.6) is 5.75 Å². The standard InChI is InChI=1S/C25H31FN2O6S2/c1-18-7-5-6-8-21(18)22-17-20(34-3)9-10-23(22)36(32,33)28-14-12-25(26,13-15-28)24(29)27-19(2)11-16-35(4,30)31/h5-11,16-17,19H,12-15H2,1-4H3,(H,27,29)/b16-11-/t19-/m1/s1. The summed E-state index contributed by atoms with van der Waals surface area (Å²) in [4.78, 5) is 12.7. The number of hydrogen-bond acceptors (Lipinski definition) is 6. The zero-order chi connectivity index (χ0) is 26.7. The lowest BCUT2D eigenvalue weighted by molar-refractivity contribution is -0.135. The number of nitrogens with one attached hydrogen (secondary N) is 1. The van der Waals surface area contributed by atoms with Crippen molar-refractivity contribution in [3.63, 3.8) is 0 Å². The average molecular weight is 539 g/mol. The Morgan fingerprint density at radius 1 is 1.11 bits per heavy atom. The van der Waals surface area contributed by atoms with Gasteiger partial charge in [0.05, 0.1) is 12.0 Å². The van der Waals surface area contributed by atoms with Gasteiger partial charge >= 0.3 is 0 Å². The van der Waals surface area contributed by atoms with Gasteiger partial charge in [0.15, 0.2) is 15.5 Å². The number of carbonyl (C=O) groups is 1. The van der Waals surface area contributed by atoms with Crippen LogP contribution in [0.1, 0.15) is 25.3 Å². The molecule has 0 aromatic heterocycles. The Kier molecular flexibility index (Phi) is 8.27. The summed E-state index contributed by atoms with van der Waals surface area (Å²) in [5.41, 5.74) is -0.159. The molecule has 8 nitrogen and oxygen atoms in total. The maximum atomic E-state index is 15.5. The van der Waals surface area contributed by atoms with Gasteiger partial charge in [-0.1, -0.05) is 30.3 Å². The van der Waals surface area contributed by atoms with E-state index in [2.05, 4.69) is 5.32 Å². The first-order valence-electron chi connectivity index (χ1n) is 11.4. The molecule has 1 aliphatic rings. The number of methoxy groups -OCH3 is 1. The topological polar surface area (TPSA) is 110 Å². The number of rotatable bonds is 8. The van der Waals surface area contributed by atoms with E-state index in [0.717, 1.165) is 22.8 Å². The van der Waals surface area contributed by atoms with Gasteiger partial charge in [0.2, 0.25) is 10.0 Å². The molecule has 0 saturated carbocycles. The second-order valence-corrected chi connectivity index (χ2v) is 12.8. The van der Waals surface area contributed by atoms with Crippen LogP contribution < -0.4 is 10.1 Å². The molecule has 1 saturated heterocycles. The molecule has 0 unspecified atom stereocenters. The molecule has 2 aromatic rings. The zero-order valence-corrected chi connectivity index (χ0v) is 22.3. The van der Waals surface area contributed by atoms with E-state index < -0.39 is 37.5 Å². The minimum Gasteiger partial charge on any atom is -0.497 e. The largest absolute Gasteiger partial charge is 0.497 e. The number of sulfone groups is 1. The van der Waals surface area contributed by atoms with Crippen LogP contribution in [0.15, 0.2) is 58.8 Å². The number of alkyl halides is 1. The number of nitrogens with zero attached hydrogens (tertiary/aromatic N) is 1. The van der Waals surface area contributed by atoms with E-state index in [0.29, 0.717) is 11.3 Å². The van der Waals surface area contributed by atoms with Crippen molar-refractivity contribution in [1.29, 1.82) is 0 Å². The first-order valence-corrected chi connectivity index (χ1v) is 14.8. The van der Waals surface area contributed by atoms with Crippen LogP contribution >= 0.6 is 0 Å². The van der Waals surface area contributed by atoms with Crippen LogP contribution in [-0.2, 0) is 24.7 Å². The minimum atomic E-state index is -4.00. The number of sulfonamides is 1. The quantitative estimate of drug-likeness (QED) is 0.553. The molecule has 36 heavy (non-hydrogen) atoms. The normalized spacial score (nSPS) is 17.6. The summed E-state index contributed by atoms with van der Waals surface area (Å²) >= 11 is 0. The van der Waals surface area contributed by atoms with E-state index in [9.17, 15) is 21.6 Å². The predicted octanol–water partition coefficient (Wildman–Crippen LogP) is 3.23. The molecular weight excluding hydrogens is 507 g/mol. The third kappa shape index (κ3) is 6.32. The number of carbonyl (C=O) groups excluding carboxylic acids is 1. The fourth-order valence-electron chi connectivity index (χ4n) is 4.04. The molecule has 3 rings (SSSR count). The number of benzene rings is 2. The molecule has 1 N–H and O–H groups in total. The SMILES string of the molecule is COc1ccc(S(=O)(=O)N2CCC(F)(C(=O)N[C@H](C)/C=C\S(C)(=O)=O)CC2)c(-c2ccccc2C)c1. The molecular formula is C25H31FN2O6S2. The molecule has 1 aliphatic heterocycles. The first kappa shape index (κ1) is 27.8. The number of piperidine rings is 1. The maximum Gasteiger partial charge on any atom is 0.258 e. The maximum absolute atomic E-state index is 15.5. The lowest BCUT2D eigenvalue weighted by Crippen LogP contribution is -2.53. The summed E-state index contributed by atoms with van der Waals surface area (Å²) in [6, 6.07) is 11.4. The third-order valence-electron chi connectivity index (χ3n) is 6.13. The number of amides is 1. The fourth-order valence-corrected chi connectivity index (χ4v) is 6.19.